The molecule has 3 atom stereocenters. The van der Waals surface area contributed by atoms with E-state index in [4.69, 9.17) is 9.16 Å². The molecule has 1 saturated heterocycles. The standard InChI is InChI=1S/C22H36BrNO4Si/c1-22(2,3)29(4,5)28-20-12-9-13-24(19(20)14-18(25)15-23)21(26)27-16-17-10-7-6-8-11-17/h6-8,10-11,18-20,25H,9,12-16H2,1-5H3/t18?,19-,20+/m1/s1. The smallest absolute Gasteiger partial charge is 0.410 e. The molecule has 1 N–H and O–H groups in total. The van der Waals surface area contributed by atoms with Crippen molar-refractivity contribution in [2.45, 2.75) is 83.0 Å². The Bertz CT molecular complexity index is 650. The third-order valence-corrected chi connectivity index (χ3v) is 11.4. The van der Waals surface area contributed by atoms with E-state index in [0.29, 0.717) is 18.3 Å². The Balaban J connectivity index is 2.14. The molecule has 0 bridgehead atoms. The van der Waals surface area contributed by atoms with Crippen LogP contribution in [0.4, 0.5) is 4.79 Å². The molecule has 1 amide bonds. The number of benzene rings is 1. The molecule has 1 aliphatic heterocycles. The lowest BCUT2D eigenvalue weighted by Crippen LogP contribution is -2.57. The van der Waals surface area contributed by atoms with Crippen LogP contribution in [0.15, 0.2) is 30.3 Å². The zero-order valence-corrected chi connectivity index (χ0v) is 20.9. The molecule has 0 spiro atoms. The molecule has 1 unspecified atom stereocenters. The summed E-state index contributed by atoms with van der Waals surface area (Å²) in [6.45, 7) is 12.0. The summed E-state index contributed by atoms with van der Waals surface area (Å²) in [5.41, 5.74) is 0.962. The van der Waals surface area contributed by atoms with Crippen molar-refractivity contribution in [1.29, 1.82) is 0 Å². The van der Waals surface area contributed by atoms with Crippen LogP contribution >= 0.6 is 15.9 Å². The largest absolute Gasteiger partial charge is 0.445 e. The first kappa shape index (κ1) is 24.4. The minimum absolute atomic E-state index is 0.0809. The van der Waals surface area contributed by atoms with Crippen LogP contribution in [0.5, 0.6) is 0 Å². The minimum Gasteiger partial charge on any atom is -0.445 e. The molecule has 1 heterocycles. The van der Waals surface area contributed by atoms with E-state index in [1.165, 1.54) is 0 Å². The van der Waals surface area contributed by atoms with Gasteiger partial charge in [-0.3, -0.25) is 0 Å². The molecular weight excluding hydrogens is 450 g/mol. The first-order valence-corrected chi connectivity index (χ1v) is 14.5. The summed E-state index contributed by atoms with van der Waals surface area (Å²) in [6, 6.07) is 9.51. The van der Waals surface area contributed by atoms with Gasteiger partial charge in [-0.25, -0.2) is 4.79 Å². The fourth-order valence-corrected chi connectivity index (χ4v) is 5.01. The van der Waals surface area contributed by atoms with E-state index in [9.17, 15) is 9.90 Å². The second-order valence-electron chi connectivity index (χ2n) is 9.40. The van der Waals surface area contributed by atoms with E-state index in [2.05, 4.69) is 49.8 Å². The van der Waals surface area contributed by atoms with Crippen molar-refractivity contribution >= 4 is 30.3 Å². The summed E-state index contributed by atoms with van der Waals surface area (Å²) in [6.07, 6.45) is 1.31. The summed E-state index contributed by atoms with van der Waals surface area (Å²) in [7, 11) is -2.00. The molecule has 1 aromatic rings. The van der Waals surface area contributed by atoms with Gasteiger partial charge < -0.3 is 19.2 Å². The second-order valence-corrected chi connectivity index (χ2v) is 14.8. The summed E-state index contributed by atoms with van der Waals surface area (Å²) in [4.78, 5) is 14.7. The van der Waals surface area contributed by atoms with E-state index < -0.39 is 14.4 Å². The number of nitrogens with zero attached hydrogens (tertiary/aromatic N) is 1. The maximum absolute atomic E-state index is 12.9. The van der Waals surface area contributed by atoms with Crippen LogP contribution in [0, 0.1) is 0 Å². The van der Waals surface area contributed by atoms with E-state index in [1.54, 1.807) is 4.90 Å². The number of alkyl halides is 1. The molecular formula is C22H36BrNO4Si. The highest BCUT2D eigenvalue weighted by atomic mass is 79.9. The molecule has 29 heavy (non-hydrogen) atoms. The number of aliphatic hydroxyl groups is 1. The highest BCUT2D eigenvalue weighted by Gasteiger charge is 2.44. The number of piperidine rings is 1. The van der Waals surface area contributed by atoms with Gasteiger partial charge in [0, 0.05) is 11.9 Å². The van der Waals surface area contributed by atoms with Crippen molar-refractivity contribution in [3.8, 4) is 0 Å². The first-order chi connectivity index (χ1) is 13.5. The van der Waals surface area contributed by atoms with Gasteiger partial charge in [0.1, 0.15) is 6.61 Å². The van der Waals surface area contributed by atoms with Gasteiger partial charge in [-0.1, -0.05) is 67.0 Å². The van der Waals surface area contributed by atoms with E-state index in [1.807, 2.05) is 30.3 Å². The lowest BCUT2D eigenvalue weighted by molar-refractivity contribution is -0.00782. The summed E-state index contributed by atoms with van der Waals surface area (Å²) >= 11 is 3.36. The number of amides is 1. The van der Waals surface area contributed by atoms with Crippen LogP contribution < -0.4 is 0 Å². The molecule has 1 aromatic carbocycles. The molecule has 5 nitrogen and oxygen atoms in total. The monoisotopic (exact) mass is 485 g/mol. The summed E-state index contributed by atoms with van der Waals surface area (Å²) < 4.78 is 12.3. The Morgan fingerprint density at radius 3 is 2.55 bits per heavy atom. The van der Waals surface area contributed by atoms with Crippen molar-refractivity contribution in [2.24, 2.45) is 0 Å². The lowest BCUT2D eigenvalue weighted by Gasteiger charge is -2.46. The Morgan fingerprint density at radius 2 is 1.97 bits per heavy atom. The van der Waals surface area contributed by atoms with Crippen molar-refractivity contribution in [2.75, 3.05) is 11.9 Å². The van der Waals surface area contributed by atoms with Crippen molar-refractivity contribution in [1.82, 2.24) is 4.90 Å². The fraction of sp³-hybridized carbons (Fsp3) is 0.682. The molecule has 0 radical (unpaired) electrons. The van der Waals surface area contributed by atoms with Crippen molar-refractivity contribution < 1.29 is 19.1 Å². The van der Waals surface area contributed by atoms with Crippen LogP contribution in [-0.2, 0) is 15.8 Å². The van der Waals surface area contributed by atoms with Gasteiger partial charge in [-0.15, -0.1) is 0 Å². The molecule has 0 aliphatic carbocycles. The normalized spacial score (nSPS) is 21.7. The highest BCUT2D eigenvalue weighted by molar-refractivity contribution is 9.09. The number of hydrogen-bond donors (Lipinski definition) is 1. The minimum atomic E-state index is -2.00. The topological polar surface area (TPSA) is 59.0 Å². The first-order valence-electron chi connectivity index (χ1n) is 10.4. The van der Waals surface area contributed by atoms with Gasteiger partial charge in [0.15, 0.2) is 8.32 Å². The average Bonchev–Trinajstić information content (AvgIpc) is 2.67. The molecule has 2 rings (SSSR count). The van der Waals surface area contributed by atoms with E-state index >= 15 is 0 Å². The van der Waals surface area contributed by atoms with Crippen LogP contribution in [0.2, 0.25) is 18.1 Å². The molecule has 7 heteroatoms. The highest BCUT2D eigenvalue weighted by Crippen LogP contribution is 2.39. The Labute approximate surface area is 185 Å². The maximum atomic E-state index is 12.9. The van der Waals surface area contributed by atoms with Crippen LogP contribution in [0.3, 0.4) is 0 Å². The summed E-state index contributed by atoms with van der Waals surface area (Å²) in [5, 5.41) is 10.9. The molecule has 1 aliphatic rings. The van der Waals surface area contributed by atoms with Crippen LogP contribution in [0.1, 0.15) is 45.6 Å². The van der Waals surface area contributed by atoms with Crippen molar-refractivity contribution in [3.05, 3.63) is 35.9 Å². The quantitative estimate of drug-likeness (QED) is 0.419. The van der Waals surface area contributed by atoms with Crippen LogP contribution in [0.25, 0.3) is 0 Å². The predicted molar refractivity (Wildman–Crippen MR) is 123 cm³/mol. The number of halogens is 1. The lowest BCUT2D eigenvalue weighted by atomic mass is 9.95. The summed E-state index contributed by atoms with van der Waals surface area (Å²) in [5.74, 6) is 0. The maximum Gasteiger partial charge on any atom is 0.410 e. The molecule has 1 fully saturated rings. The van der Waals surface area contributed by atoms with E-state index in [-0.39, 0.29) is 29.9 Å². The molecule has 0 aromatic heterocycles. The van der Waals surface area contributed by atoms with Gasteiger partial charge in [0.25, 0.3) is 0 Å². The molecule has 164 valence electrons. The number of ether oxygens (including phenoxy) is 1. The van der Waals surface area contributed by atoms with Gasteiger partial charge in [0.2, 0.25) is 0 Å². The fourth-order valence-electron chi connectivity index (χ4n) is 3.36. The number of hydrogen-bond acceptors (Lipinski definition) is 4. The van der Waals surface area contributed by atoms with Gasteiger partial charge in [-0.2, -0.15) is 0 Å². The van der Waals surface area contributed by atoms with E-state index in [0.717, 1.165) is 18.4 Å². The number of carbonyl (C=O) groups excluding carboxylic acids is 1. The van der Waals surface area contributed by atoms with Gasteiger partial charge in [0.05, 0.1) is 18.2 Å². The number of likely N-dealkylation sites (tertiary alicyclic amines) is 1. The third-order valence-electron chi connectivity index (χ3n) is 6.10. The number of rotatable bonds is 7. The van der Waals surface area contributed by atoms with Crippen LogP contribution in [-0.4, -0.2) is 54.5 Å². The average molecular weight is 487 g/mol. The Morgan fingerprint density at radius 1 is 1.31 bits per heavy atom. The third kappa shape index (κ3) is 6.81. The zero-order valence-electron chi connectivity index (χ0n) is 18.4. The number of aliphatic hydroxyl groups excluding tert-OH is 1. The zero-order chi connectivity index (χ0) is 21.7. The van der Waals surface area contributed by atoms with Gasteiger partial charge in [-0.05, 0) is 43.0 Å². The molecule has 0 saturated carbocycles. The van der Waals surface area contributed by atoms with Gasteiger partial charge >= 0.3 is 6.09 Å². The second kappa shape index (κ2) is 10.4. The Hall–Kier alpha value is -0.893. The van der Waals surface area contributed by atoms with Crippen molar-refractivity contribution in [3.63, 3.8) is 0 Å². The Kier molecular flexibility index (Phi) is 8.76. The number of carbonyl (C=O) groups is 1. The predicted octanol–water partition coefficient (Wildman–Crippen LogP) is 5.32. The SMILES string of the molecule is CC(C)(C)[Si](C)(C)O[C@H]1CCCN(C(=O)OCc2ccccc2)[C@@H]1CC(O)CBr.